The Morgan fingerprint density at radius 1 is 0.953 bits per heavy atom. The molecule has 0 fully saturated rings. The molecule has 2 amide bonds. The van der Waals surface area contributed by atoms with Gasteiger partial charge in [0.05, 0.1) is 24.8 Å². The Labute approximate surface area is 253 Å². The topological polar surface area (TPSA) is 105 Å². The minimum Gasteiger partial charge on any atom is -0.493 e. The molecule has 0 radical (unpaired) electrons. The van der Waals surface area contributed by atoms with Crippen molar-refractivity contribution in [2.45, 2.75) is 64.1 Å². The summed E-state index contributed by atoms with van der Waals surface area (Å²) in [7, 11) is -1.58. The van der Waals surface area contributed by atoms with E-state index in [1.165, 1.54) is 49.5 Å². The molecule has 1 atom stereocenters. The first kappa shape index (κ1) is 33.4. The zero-order valence-corrected chi connectivity index (χ0v) is 26.5. The number of hydrogen-bond donors (Lipinski definition) is 1. The first-order valence-corrected chi connectivity index (χ1v) is 15.3. The maximum Gasteiger partial charge on any atom is 0.264 e. The Morgan fingerprint density at radius 2 is 1.60 bits per heavy atom. The third kappa shape index (κ3) is 8.47. The Hall–Kier alpha value is -4.12. The van der Waals surface area contributed by atoms with Gasteiger partial charge in [-0.25, -0.2) is 12.8 Å². The van der Waals surface area contributed by atoms with Crippen molar-refractivity contribution in [2.24, 2.45) is 0 Å². The maximum absolute atomic E-state index is 14.2. The summed E-state index contributed by atoms with van der Waals surface area (Å²) in [5, 5.41) is 2.94. The quantitative estimate of drug-likeness (QED) is 0.306. The molecule has 0 heterocycles. The number of halogens is 1. The summed E-state index contributed by atoms with van der Waals surface area (Å²) in [6.45, 7) is 8.67. The van der Waals surface area contributed by atoms with Crippen LogP contribution in [-0.4, -0.2) is 57.5 Å². The molecule has 0 aliphatic carbocycles. The van der Waals surface area contributed by atoms with E-state index in [1.54, 1.807) is 6.92 Å². The predicted molar refractivity (Wildman–Crippen MR) is 164 cm³/mol. The number of nitrogens with zero attached hydrogens (tertiary/aromatic N) is 2. The van der Waals surface area contributed by atoms with Crippen molar-refractivity contribution in [1.82, 2.24) is 10.2 Å². The van der Waals surface area contributed by atoms with Crippen LogP contribution in [0.2, 0.25) is 0 Å². The minimum absolute atomic E-state index is 0.0737. The first-order valence-electron chi connectivity index (χ1n) is 13.9. The van der Waals surface area contributed by atoms with Gasteiger partial charge in [-0.05, 0) is 76.1 Å². The van der Waals surface area contributed by atoms with E-state index < -0.39 is 39.9 Å². The molecule has 1 N–H and O–H groups in total. The van der Waals surface area contributed by atoms with Crippen LogP contribution in [0.1, 0.15) is 45.2 Å². The van der Waals surface area contributed by atoms with E-state index in [9.17, 15) is 22.4 Å². The highest BCUT2D eigenvalue weighted by Crippen LogP contribution is 2.32. The number of ether oxygens (including phenoxy) is 2. The van der Waals surface area contributed by atoms with Crippen molar-refractivity contribution in [3.05, 3.63) is 83.7 Å². The van der Waals surface area contributed by atoms with Gasteiger partial charge in [-0.1, -0.05) is 36.8 Å². The van der Waals surface area contributed by atoms with Crippen molar-refractivity contribution < 1.29 is 31.9 Å². The van der Waals surface area contributed by atoms with Gasteiger partial charge in [0, 0.05) is 18.2 Å². The number of nitrogens with one attached hydrogen (secondary N) is 1. The minimum atomic E-state index is -4.39. The van der Waals surface area contributed by atoms with E-state index in [2.05, 4.69) is 5.32 Å². The Bertz CT molecular complexity index is 1540. The van der Waals surface area contributed by atoms with Gasteiger partial charge in [-0.3, -0.25) is 13.9 Å². The Balaban J connectivity index is 2.11. The molecule has 3 rings (SSSR count). The normalized spacial score (nSPS) is 12.3. The van der Waals surface area contributed by atoms with Gasteiger partial charge in [-0.2, -0.15) is 0 Å². The van der Waals surface area contributed by atoms with Gasteiger partial charge in [0.1, 0.15) is 18.4 Å². The molecular formula is C32H40FN3O6S. The van der Waals surface area contributed by atoms with E-state index in [4.69, 9.17) is 9.47 Å². The number of methoxy groups -OCH3 is 2. The van der Waals surface area contributed by atoms with E-state index >= 15 is 0 Å². The van der Waals surface area contributed by atoms with Crippen LogP contribution in [0.3, 0.4) is 0 Å². The van der Waals surface area contributed by atoms with Crippen molar-refractivity contribution in [2.75, 3.05) is 25.1 Å². The number of sulfonamides is 1. The molecule has 0 spiro atoms. The fourth-order valence-electron chi connectivity index (χ4n) is 4.62. The summed E-state index contributed by atoms with van der Waals surface area (Å²) in [5.41, 5.74) is 1.28. The van der Waals surface area contributed by atoms with Crippen molar-refractivity contribution in [3.63, 3.8) is 0 Å². The fourth-order valence-corrected chi connectivity index (χ4v) is 6.05. The third-order valence-corrected chi connectivity index (χ3v) is 8.43. The number of hydrogen-bond acceptors (Lipinski definition) is 6. The number of anilines is 1. The molecule has 3 aromatic rings. The van der Waals surface area contributed by atoms with Crippen LogP contribution in [0.15, 0.2) is 71.6 Å². The second-order valence-corrected chi connectivity index (χ2v) is 13.0. The molecule has 11 heteroatoms. The largest absolute Gasteiger partial charge is 0.493 e. The van der Waals surface area contributed by atoms with Crippen molar-refractivity contribution in [3.8, 4) is 11.5 Å². The summed E-state index contributed by atoms with van der Waals surface area (Å²) < 4.78 is 53.5. The fraction of sp³-hybridized carbons (Fsp3) is 0.375. The van der Waals surface area contributed by atoms with Crippen LogP contribution in [0.5, 0.6) is 11.5 Å². The lowest BCUT2D eigenvalue weighted by Gasteiger charge is -2.35. The highest BCUT2D eigenvalue weighted by Gasteiger charge is 2.35. The highest BCUT2D eigenvalue weighted by atomic mass is 32.2. The summed E-state index contributed by atoms with van der Waals surface area (Å²) >= 11 is 0. The lowest BCUT2D eigenvalue weighted by Crippen LogP contribution is -2.55. The van der Waals surface area contributed by atoms with Gasteiger partial charge in [0.15, 0.2) is 11.5 Å². The van der Waals surface area contributed by atoms with Crippen LogP contribution in [0, 0.1) is 12.7 Å². The molecule has 9 nitrogen and oxygen atoms in total. The summed E-state index contributed by atoms with van der Waals surface area (Å²) in [6, 6.07) is 15.5. The molecule has 232 valence electrons. The van der Waals surface area contributed by atoms with E-state index in [-0.39, 0.29) is 28.8 Å². The van der Waals surface area contributed by atoms with Gasteiger partial charge in [0.25, 0.3) is 10.0 Å². The smallest absolute Gasteiger partial charge is 0.264 e. The summed E-state index contributed by atoms with van der Waals surface area (Å²) in [6.07, 6.45) is 0.290. The van der Waals surface area contributed by atoms with Crippen LogP contribution in [-0.2, 0) is 26.2 Å². The number of benzene rings is 3. The average molecular weight is 614 g/mol. The molecule has 0 unspecified atom stereocenters. The Morgan fingerprint density at radius 3 is 2.16 bits per heavy atom. The highest BCUT2D eigenvalue weighted by molar-refractivity contribution is 7.92. The number of rotatable bonds is 12. The summed E-state index contributed by atoms with van der Waals surface area (Å²) in [5.74, 6) is -1.02. The lowest BCUT2D eigenvalue weighted by molar-refractivity contribution is -0.141. The molecule has 0 aliphatic rings. The number of aryl methyl sites for hydroxylation is 1. The van der Waals surface area contributed by atoms with Gasteiger partial charge in [0.2, 0.25) is 11.8 Å². The van der Waals surface area contributed by atoms with Gasteiger partial charge < -0.3 is 19.7 Å². The molecule has 0 aromatic heterocycles. The van der Waals surface area contributed by atoms with Gasteiger partial charge >= 0.3 is 0 Å². The Kier molecular flexibility index (Phi) is 10.8. The van der Waals surface area contributed by atoms with Crippen LogP contribution in [0.4, 0.5) is 10.1 Å². The zero-order valence-electron chi connectivity index (χ0n) is 25.7. The SMILES string of the molecule is CC[C@H](C(=O)NC(C)(C)C)N(Cc1cccc(C)c1)C(=O)CN(c1ccc(F)cc1)S(=O)(=O)c1ccc(OC)c(OC)c1. The number of carbonyl (C=O) groups excluding carboxylic acids is 2. The molecule has 0 bridgehead atoms. The molecule has 0 saturated carbocycles. The van der Waals surface area contributed by atoms with Gasteiger partial charge in [-0.15, -0.1) is 0 Å². The lowest BCUT2D eigenvalue weighted by atomic mass is 10.0. The van der Waals surface area contributed by atoms with Crippen molar-refractivity contribution in [1.29, 1.82) is 0 Å². The monoisotopic (exact) mass is 613 g/mol. The van der Waals surface area contributed by atoms with Crippen molar-refractivity contribution >= 4 is 27.5 Å². The maximum atomic E-state index is 14.2. The molecular weight excluding hydrogens is 573 g/mol. The zero-order chi connectivity index (χ0) is 31.9. The van der Waals surface area contributed by atoms with Crippen LogP contribution in [0.25, 0.3) is 0 Å². The number of carbonyl (C=O) groups is 2. The van der Waals surface area contributed by atoms with E-state index in [1.807, 2.05) is 52.0 Å². The summed E-state index contributed by atoms with van der Waals surface area (Å²) in [4.78, 5) is 28.8. The number of amides is 2. The van der Waals surface area contributed by atoms with E-state index in [0.29, 0.717) is 12.2 Å². The predicted octanol–water partition coefficient (Wildman–Crippen LogP) is 5.07. The molecule has 43 heavy (non-hydrogen) atoms. The standard InChI is InChI=1S/C32H40FN3O6S/c1-8-27(31(38)34-32(3,4)5)35(20-23-11-9-10-22(2)18-23)30(37)21-36(25-14-12-24(33)13-15-25)43(39,40)26-16-17-28(41-6)29(19-26)42-7/h9-19,27H,8,20-21H2,1-7H3,(H,34,38)/t27-/m1/s1. The molecule has 0 saturated heterocycles. The van der Waals surface area contributed by atoms with Crippen LogP contribution >= 0.6 is 0 Å². The third-order valence-electron chi connectivity index (χ3n) is 6.66. The second-order valence-electron chi connectivity index (χ2n) is 11.2. The second kappa shape index (κ2) is 13.9. The van der Waals surface area contributed by atoms with Crippen LogP contribution < -0.4 is 19.1 Å². The molecule has 3 aromatic carbocycles. The van der Waals surface area contributed by atoms with E-state index in [0.717, 1.165) is 27.6 Å². The average Bonchev–Trinajstić information content (AvgIpc) is 2.94. The first-order chi connectivity index (χ1) is 20.2. The molecule has 0 aliphatic heterocycles.